The van der Waals surface area contributed by atoms with E-state index in [0.717, 1.165) is 9.37 Å². The Labute approximate surface area is 152 Å². The summed E-state index contributed by atoms with van der Waals surface area (Å²) in [5.41, 5.74) is 1.06. The van der Waals surface area contributed by atoms with E-state index in [0.29, 0.717) is 17.0 Å². The van der Waals surface area contributed by atoms with Crippen LogP contribution in [-0.2, 0) is 4.79 Å². The number of fused-ring (bicyclic) bond motifs is 1. The molecule has 0 aromatic heterocycles. The van der Waals surface area contributed by atoms with Gasteiger partial charge in [0.1, 0.15) is 5.75 Å². The first-order valence-electron chi connectivity index (χ1n) is 7.56. The van der Waals surface area contributed by atoms with Crippen molar-refractivity contribution in [2.45, 2.75) is 13.0 Å². The van der Waals surface area contributed by atoms with Crippen LogP contribution in [0.3, 0.4) is 0 Å². The lowest BCUT2D eigenvalue weighted by atomic mass is 10.1. The number of rotatable bonds is 4. The summed E-state index contributed by atoms with van der Waals surface area (Å²) in [5.74, 6) is -0.504. The summed E-state index contributed by atoms with van der Waals surface area (Å²) in [4.78, 5) is 37.2. The molecule has 1 heterocycles. The van der Waals surface area contributed by atoms with Crippen molar-refractivity contribution in [1.82, 2.24) is 4.90 Å². The predicted octanol–water partition coefficient (Wildman–Crippen LogP) is 3.08. The molecule has 0 unspecified atom stereocenters. The largest absolute Gasteiger partial charge is 0.481 e. The summed E-state index contributed by atoms with van der Waals surface area (Å²) in [5, 5.41) is 2.70. The minimum Gasteiger partial charge on any atom is -0.481 e. The Kier molecular flexibility index (Phi) is 4.59. The van der Waals surface area contributed by atoms with Gasteiger partial charge in [-0.25, -0.2) is 0 Å². The molecule has 3 rings (SSSR count). The highest BCUT2D eigenvalue weighted by molar-refractivity contribution is 9.10. The van der Waals surface area contributed by atoms with Gasteiger partial charge in [-0.3, -0.25) is 19.3 Å². The molecular weight excluding hydrogens is 388 g/mol. The summed E-state index contributed by atoms with van der Waals surface area (Å²) < 4.78 is 6.51. The van der Waals surface area contributed by atoms with Gasteiger partial charge in [-0.15, -0.1) is 0 Å². The molecule has 1 aliphatic heterocycles. The van der Waals surface area contributed by atoms with Crippen molar-refractivity contribution < 1.29 is 19.1 Å². The average molecular weight is 403 g/mol. The first kappa shape index (κ1) is 17.2. The SMILES string of the molecule is C[C@@H](Oc1ccc(Br)cc1)C(=O)Nc1ccc2c(c1)C(=O)N(C)C2=O. The van der Waals surface area contributed by atoms with Gasteiger partial charge < -0.3 is 10.1 Å². The summed E-state index contributed by atoms with van der Waals surface area (Å²) in [7, 11) is 1.43. The van der Waals surface area contributed by atoms with Gasteiger partial charge in [-0.2, -0.15) is 0 Å². The van der Waals surface area contributed by atoms with Crippen molar-refractivity contribution in [1.29, 1.82) is 0 Å². The van der Waals surface area contributed by atoms with Gasteiger partial charge in [0.2, 0.25) is 0 Å². The molecule has 6 nitrogen and oxygen atoms in total. The molecule has 2 aromatic rings. The minimum atomic E-state index is -0.727. The van der Waals surface area contributed by atoms with E-state index in [1.165, 1.54) is 19.2 Å². The maximum absolute atomic E-state index is 12.3. The number of hydrogen-bond donors (Lipinski definition) is 1. The van der Waals surface area contributed by atoms with Gasteiger partial charge in [-0.1, -0.05) is 15.9 Å². The van der Waals surface area contributed by atoms with Crippen LogP contribution in [0, 0.1) is 0 Å². The number of carbonyl (C=O) groups is 3. The molecule has 25 heavy (non-hydrogen) atoms. The fraction of sp³-hybridized carbons (Fsp3) is 0.167. The van der Waals surface area contributed by atoms with Gasteiger partial charge in [0.05, 0.1) is 11.1 Å². The predicted molar refractivity (Wildman–Crippen MR) is 95.7 cm³/mol. The second-order valence-corrected chi connectivity index (χ2v) is 6.55. The van der Waals surface area contributed by atoms with E-state index < -0.39 is 6.10 Å². The van der Waals surface area contributed by atoms with Crippen molar-refractivity contribution in [3.63, 3.8) is 0 Å². The molecule has 3 amide bonds. The Morgan fingerprint density at radius 3 is 2.40 bits per heavy atom. The molecular formula is C18H15BrN2O4. The molecule has 2 aromatic carbocycles. The van der Waals surface area contributed by atoms with E-state index in [9.17, 15) is 14.4 Å². The summed E-state index contributed by atoms with van der Waals surface area (Å²) in [6.45, 7) is 1.63. The van der Waals surface area contributed by atoms with Crippen LogP contribution in [0.25, 0.3) is 0 Å². The number of amides is 3. The second kappa shape index (κ2) is 6.68. The highest BCUT2D eigenvalue weighted by Gasteiger charge is 2.32. The number of anilines is 1. The molecule has 1 N–H and O–H groups in total. The molecule has 1 atom stereocenters. The Balaban J connectivity index is 1.70. The monoisotopic (exact) mass is 402 g/mol. The van der Waals surface area contributed by atoms with E-state index in [-0.39, 0.29) is 23.3 Å². The zero-order chi connectivity index (χ0) is 18.1. The van der Waals surface area contributed by atoms with E-state index in [1.54, 1.807) is 25.1 Å². The van der Waals surface area contributed by atoms with E-state index >= 15 is 0 Å². The number of halogens is 1. The first-order chi connectivity index (χ1) is 11.9. The molecule has 0 fully saturated rings. The quantitative estimate of drug-likeness (QED) is 0.797. The third-order valence-corrected chi connectivity index (χ3v) is 4.38. The molecule has 7 heteroatoms. The number of benzene rings is 2. The van der Waals surface area contributed by atoms with E-state index in [1.807, 2.05) is 12.1 Å². The van der Waals surface area contributed by atoms with Gasteiger partial charge in [0.25, 0.3) is 17.7 Å². The van der Waals surface area contributed by atoms with E-state index in [2.05, 4.69) is 21.2 Å². The van der Waals surface area contributed by atoms with Crippen molar-refractivity contribution in [3.05, 3.63) is 58.1 Å². The molecule has 0 spiro atoms. The fourth-order valence-corrected chi connectivity index (χ4v) is 2.72. The number of carbonyl (C=O) groups excluding carboxylic acids is 3. The Hall–Kier alpha value is -2.67. The second-order valence-electron chi connectivity index (χ2n) is 5.63. The highest BCUT2D eigenvalue weighted by Crippen LogP contribution is 2.25. The zero-order valence-corrected chi connectivity index (χ0v) is 15.2. The zero-order valence-electron chi connectivity index (χ0n) is 13.6. The summed E-state index contributed by atoms with van der Waals surface area (Å²) in [6, 6.07) is 11.8. The molecule has 0 aliphatic carbocycles. The third-order valence-electron chi connectivity index (χ3n) is 3.85. The number of nitrogens with zero attached hydrogens (tertiary/aromatic N) is 1. The summed E-state index contributed by atoms with van der Waals surface area (Å²) in [6.07, 6.45) is -0.727. The van der Waals surface area contributed by atoms with Crippen LogP contribution in [0.2, 0.25) is 0 Å². The van der Waals surface area contributed by atoms with Gasteiger partial charge in [0, 0.05) is 17.2 Å². The van der Waals surface area contributed by atoms with Gasteiger partial charge in [0.15, 0.2) is 6.10 Å². The standard InChI is InChI=1S/C18H15BrN2O4/c1-10(25-13-6-3-11(19)4-7-13)16(22)20-12-5-8-14-15(9-12)18(24)21(2)17(14)23/h3-10H,1-2H3,(H,20,22)/t10-/m1/s1. The van der Waals surface area contributed by atoms with Crippen molar-refractivity contribution >= 4 is 39.3 Å². The Morgan fingerprint density at radius 1 is 1.08 bits per heavy atom. The van der Waals surface area contributed by atoms with Crippen LogP contribution < -0.4 is 10.1 Å². The first-order valence-corrected chi connectivity index (χ1v) is 8.35. The molecule has 0 radical (unpaired) electrons. The Morgan fingerprint density at radius 2 is 1.72 bits per heavy atom. The number of hydrogen-bond acceptors (Lipinski definition) is 4. The molecule has 1 aliphatic rings. The number of ether oxygens (including phenoxy) is 1. The van der Waals surface area contributed by atoms with Gasteiger partial charge in [-0.05, 0) is 49.4 Å². The van der Waals surface area contributed by atoms with Crippen molar-refractivity contribution in [3.8, 4) is 5.75 Å². The van der Waals surface area contributed by atoms with Crippen LogP contribution in [0.4, 0.5) is 5.69 Å². The van der Waals surface area contributed by atoms with Crippen LogP contribution in [0.1, 0.15) is 27.6 Å². The smallest absolute Gasteiger partial charge is 0.265 e. The molecule has 0 saturated heterocycles. The molecule has 128 valence electrons. The van der Waals surface area contributed by atoms with Crippen molar-refractivity contribution in [2.75, 3.05) is 12.4 Å². The van der Waals surface area contributed by atoms with Crippen molar-refractivity contribution in [2.24, 2.45) is 0 Å². The maximum atomic E-state index is 12.3. The van der Waals surface area contributed by atoms with Crippen LogP contribution >= 0.6 is 15.9 Å². The number of imide groups is 1. The lowest BCUT2D eigenvalue weighted by Gasteiger charge is -2.15. The number of nitrogens with one attached hydrogen (secondary N) is 1. The highest BCUT2D eigenvalue weighted by atomic mass is 79.9. The Bertz CT molecular complexity index is 864. The maximum Gasteiger partial charge on any atom is 0.265 e. The minimum absolute atomic E-state index is 0.284. The lowest BCUT2D eigenvalue weighted by Crippen LogP contribution is -2.30. The molecule has 0 bridgehead atoms. The normalized spacial score (nSPS) is 14.3. The van der Waals surface area contributed by atoms with Crippen LogP contribution in [0.15, 0.2) is 46.9 Å². The lowest BCUT2D eigenvalue weighted by molar-refractivity contribution is -0.122. The van der Waals surface area contributed by atoms with Gasteiger partial charge >= 0.3 is 0 Å². The topological polar surface area (TPSA) is 75.7 Å². The van der Waals surface area contributed by atoms with Crippen LogP contribution in [-0.4, -0.2) is 35.8 Å². The average Bonchev–Trinajstić information content (AvgIpc) is 2.81. The summed E-state index contributed by atoms with van der Waals surface area (Å²) >= 11 is 3.33. The fourth-order valence-electron chi connectivity index (χ4n) is 2.45. The van der Waals surface area contributed by atoms with Crippen LogP contribution in [0.5, 0.6) is 5.75 Å². The van der Waals surface area contributed by atoms with E-state index in [4.69, 9.17) is 4.74 Å². The third kappa shape index (κ3) is 3.41. The molecule has 0 saturated carbocycles.